The number of benzene rings is 1. The lowest BCUT2D eigenvalue weighted by Gasteiger charge is -2.07. The molecule has 4 N–H and O–H groups in total. The highest BCUT2D eigenvalue weighted by molar-refractivity contribution is 5.67. The Bertz CT molecular complexity index is 526. The number of nitrogens with zero attached hydrogens (tertiary/aromatic N) is 4. The summed E-state index contributed by atoms with van der Waals surface area (Å²) in [7, 11) is 0. The van der Waals surface area contributed by atoms with E-state index in [1.54, 1.807) is 10.7 Å². The van der Waals surface area contributed by atoms with Crippen LogP contribution >= 0.6 is 0 Å². The van der Waals surface area contributed by atoms with E-state index in [-0.39, 0.29) is 0 Å². The minimum atomic E-state index is 0.617. The molecule has 0 unspecified atom stereocenters. The molecule has 0 radical (unpaired) electrons. The second kappa shape index (κ2) is 5.69. The predicted octanol–water partition coefficient (Wildman–Crippen LogP) is 1.94. The summed E-state index contributed by atoms with van der Waals surface area (Å²) in [5.41, 5.74) is 13.7. The van der Waals surface area contributed by atoms with Crippen molar-refractivity contribution in [3.63, 3.8) is 0 Å². The van der Waals surface area contributed by atoms with Crippen LogP contribution in [0.4, 0.5) is 11.4 Å². The van der Waals surface area contributed by atoms with Gasteiger partial charge in [0.25, 0.3) is 0 Å². The Morgan fingerprint density at radius 1 is 1.16 bits per heavy atom. The molecule has 0 saturated carbocycles. The average molecular weight is 260 g/mol. The van der Waals surface area contributed by atoms with Crippen molar-refractivity contribution in [2.24, 2.45) is 5.92 Å². The molecule has 0 bridgehead atoms. The van der Waals surface area contributed by atoms with E-state index in [1.165, 1.54) is 0 Å². The summed E-state index contributed by atoms with van der Waals surface area (Å²) in [6, 6.07) is 5.39. The lowest BCUT2D eigenvalue weighted by Crippen LogP contribution is -2.05. The Labute approximate surface area is 112 Å². The molecule has 0 aliphatic rings. The van der Waals surface area contributed by atoms with Gasteiger partial charge in [-0.1, -0.05) is 13.8 Å². The summed E-state index contributed by atoms with van der Waals surface area (Å²) in [5.74, 6) is 1.39. The van der Waals surface area contributed by atoms with E-state index in [2.05, 4.69) is 29.4 Å². The Balaban J connectivity index is 2.18. The van der Waals surface area contributed by atoms with E-state index in [4.69, 9.17) is 11.5 Å². The van der Waals surface area contributed by atoms with Crippen molar-refractivity contribution in [1.82, 2.24) is 20.2 Å². The van der Waals surface area contributed by atoms with Crippen LogP contribution in [0.5, 0.6) is 0 Å². The summed E-state index contributed by atoms with van der Waals surface area (Å²) in [5, 5.41) is 11.8. The van der Waals surface area contributed by atoms with E-state index in [1.807, 2.05) is 12.1 Å². The molecule has 19 heavy (non-hydrogen) atoms. The molecule has 0 fully saturated rings. The fourth-order valence-corrected chi connectivity index (χ4v) is 2.02. The van der Waals surface area contributed by atoms with Crippen molar-refractivity contribution in [1.29, 1.82) is 0 Å². The van der Waals surface area contributed by atoms with Crippen LogP contribution in [-0.4, -0.2) is 20.2 Å². The molecular weight excluding hydrogens is 240 g/mol. The maximum Gasteiger partial charge on any atom is 0.182 e. The van der Waals surface area contributed by atoms with Crippen molar-refractivity contribution in [3.8, 4) is 11.4 Å². The SMILES string of the molecule is CC(C)CCCn1nnnc1-c1cc(N)cc(N)c1. The molecule has 0 aliphatic heterocycles. The molecule has 6 heteroatoms. The number of rotatable bonds is 5. The van der Waals surface area contributed by atoms with Crippen molar-refractivity contribution < 1.29 is 0 Å². The third-order valence-corrected chi connectivity index (χ3v) is 2.92. The third-order valence-electron chi connectivity index (χ3n) is 2.92. The summed E-state index contributed by atoms with van der Waals surface area (Å²) >= 11 is 0. The first-order chi connectivity index (χ1) is 9.06. The van der Waals surface area contributed by atoms with E-state index >= 15 is 0 Å². The smallest absolute Gasteiger partial charge is 0.182 e. The van der Waals surface area contributed by atoms with Crippen molar-refractivity contribution in [2.75, 3.05) is 11.5 Å². The zero-order valence-electron chi connectivity index (χ0n) is 11.4. The number of tetrazole rings is 1. The highest BCUT2D eigenvalue weighted by Crippen LogP contribution is 2.22. The van der Waals surface area contributed by atoms with Crippen molar-refractivity contribution in [2.45, 2.75) is 33.2 Å². The Morgan fingerprint density at radius 2 is 1.84 bits per heavy atom. The number of anilines is 2. The molecular formula is C13H20N6. The molecule has 6 nitrogen and oxygen atoms in total. The largest absolute Gasteiger partial charge is 0.399 e. The highest BCUT2D eigenvalue weighted by atomic mass is 15.5. The lowest BCUT2D eigenvalue weighted by atomic mass is 10.1. The monoisotopic (exact) mass is 260 g/mol. The zero-order chi connectivity index (χ0) is 13.8. The normalized spacial score (nSPS) is 11.1. The van der Waals surface area contributed by atoms with Gasteiger partial charge in [0, 0.05) is 23.5 Å². The van der Waals surface area contributed by atoms with Gasteiger partial charge in [0.15, 0.2) is 5.82 Å². The summed E-state index contributed by atoms with van der Waals surface area (Å²) in [4.78, 5) is 0. The van der Waals surface area contributed by atoms with Gasteiger partial charge in [0.1, 0.15) is 0 Å². The molecule has 2 rings (SSSR count). The fourth-order valence-electron chi connectivity index (χ4n) is 2.02. The number of aryl methyl sites for hydroxylation is 1. The van der Waals surface area contributed by atoms with Gasteiger partial charge in [-0.25, -0.2) is 4.68 Å². The quantitative estimate of drug-likeness (QED) is 0.801. The molecule has 1 aromatic heterocycles. The highest BCUT2D eigenvalue weighted by Gasteiger charge is 2.10. The Kier molecular flexibility index (Phi) is 3.99. The number of hydrogen-bond donors (Lipinski definition) is 2. The topological polar surface area (TPSA) is 95.6 Å². The zero-order valence-corrected chi connectivity index (χ0v) is 11.4. The second-order valence-corrected chi connectivity index (χ2v) is 5.15. The van der Waals surface area contributed by atoms with Gasteiger partial charge in [-0.05, 0) is 47.4 Å². The molecule has 2 aromatic rings. The van der Waals surface area contributed by atoms with Gasteiger partial charge < -0.3 is 11.5 Å². The molecule has 0 spiro atoms. The van der Waals surface area contributed by atoms with E-state index in [9.17, 15) is 0 Å². The van der Waals surface area contributed by atoms with Crippen molar-refractivity contribution >= 4 is 11.4 Å². The molecule has 1 aromatic carbocycles. The van der Waals surface area contributed by atoms with Gasteiger partial charge >= 0.3 is 0 Å². The van der Waals surface area contributed by atoms with Crippen LogP contribution in [0.1, 0.15) is 26.7 Å². The van der Waals surface area contributed by atoms with Crippen LogP contribution in [0.3, 0.4) is 0 Å². The predicted molar refractivity (Wildman–Crippen MR) is 76.1 cm³/mol. The standard InChI is InChI=1S/C13H20N6/c1-9(2)4-3-5-19-13(16-17-18-19)10-6-11(14)8-12(15)7-10/h6-9H,3-5,14-15H2,1-2H3. The van der Waals surface area contributed by atoms with E-state index < -0.39 is 0 Å². The minimum Gasteiger partial charge on any atom is -0.399 e. The van der Waals surface area contributed by atoms with Gasteiger partial charge in [-0.2, -0.15) is 0 Å². The van der Waals surface area contributed by atoms with Crippen LogP contribution < -0.4 is 11.5 Å². The van der Waals surface area contributed by atoms with Gasteiger partial charge in [0.2, 0.25) is 0 Å². The number of nitrogens with two attached hydrogens (primary N) is 2. The maximum atomic E-state index is 5.80. The maximum absolute atomic E-state index is 5.80. The van der Waals surface area contributed by atoms with Crippen LogP contribution in [0.2, 0.25) is 0 Å². The first kappa shape index (κ1) is 13.3. The van der Waals surface area contributed by atoms with E-state index in [0.29, 0.717) is 23.1 Å². The van der Waals surface area contributed by atoms with Crippen LogP contribution in [-0.2, 0) is 6.54 Å². The van der Waals surface area contributed by atoms with Crippen LogP contribution in [0.15, 0.2) is 18.2 Å². The molecule has 0 atom stereocenters. The summed E-state index contributed by atoms with van der Waals surface area (Å²) in [6.07, 6.45) is 2.20. The molecule has 1 heterocycles. The number of aromatic nitrogens is 4. The molecule has 0 saturated heterocycles. The van der Waals surface area contributed by atoms with Crippen molar-refractivity contribution in [3.05, 3.63) is 18.2 Å². The first-order valence-electron chi connectivity index (χ1n) is 6.49. The fraction of sp³-hybridized carbons (Fsp3) is 0.462. The van der Waals surface area contributed by atoms with Crippen LogP contribution in [0.25, 0.3) is 11.4 Å². The first-order valence-corrected chi connectivity index (χ1v) is 6.49. The summed E-state index contributed by atoms with van der Waals surface area (Å²) < 4.78 is 1.80. The molecule has 0 aliphatic carbocycles. The minimum absolute atomic E-state index is 0.617. The van der Waals surface area contributed by atoms with Crippen LogP contribution in [0, 0.1) is 5.92 Å². The number of hydrogen-bond acceptors (Lipinski definition) is 5. The summed E-state index contributed by atoms with van der Waals surface area (Å²) in [6.45, 7) is 5.22. The Morgan fingerprint density at radius 3 is 2.47 bits per heavy atom. The average Bonchev–Trinajstić information content (AvgIpc) is 2.75. The van der Waals surface area contributed by atoms with E-state index in [0.717, 1.165) is 24.9 Å². The van der Waals surface area contributed by atoms with Gasteiger partial charge in [-0.3, -0.25) is 0 Å². The van der Waals surface area contributed by atoms with Gasteiger partial charge in [0.05, 0.1) is 0 Å². The number of nitrogen functional groups attached to an aromatic ring is 2. The lowest BCUT2D eigenvalue weighted by molar-refractivity contribution is 0.485. The third kappa shape index (κ3) is 3.43. The molecule has 102 valence electrons. The second-order valence-electron chi connectivity index (χ2n) is 5.15. The Hall–Kier alpha value is -2.11. The molecule has 0 amide bonds. The van der Waals surface area contributed by atoms with Gasteiger partial charge in [-0.15, -0.1) is 5.10 Å².